The second-order valence-corrected chi connectivity index (χ2v) is 22.0. The SMILES string of the molecule is C=CCC=Cc1c(C)c2cc3c(cc2n1C1=CC=C(C2=CC=C(CC(C)C(CC4=CC=C5C(=CC4)C(C)(C)c4ccccc45)c4ccc(-c5cc6ccccc6o5)cc4)CC2)CCC1C)Cc1ccccc1O3. The van der Waals surface area contributed by atoms with E-state index in [-0.39, 0.29) is 5.41 Å². The maximum Gasteiger partial charge on any atom is 0.135 e. The number of aromatic nitrogens is 1. The highest BCUT2D eigenvalue weighted by molar-refractivity contribution is 5.94. The van der Waals surface area contributed by atoms with Crippen LogP contribution in [-0.4, -0.2) is 4.57 Å². The summed E-state index contributed by atoms with van der Waals surface area (Å²) in [6.45, 7) is 16.0. The van der Waals surface area contributed by atoms with E-state index < -0.39 is 0 Å². The van der Waals surface area contributed by atoms with Crippen molar-refractivity contribution in [2.24, 2.45) is 11.8 Å². The number of benzene rings is 5. The van der Waals surface area contributed by atoms with E-state index in [4.69, 9.17) is 9.15 Å². The third kappa shape index (κ3) is 8.71. The molecule has 4 aliphatic carbocycles. The van der Waals surface area contributed by atoms with Crippen LogP contribution in [0.25, 0.3) is 50.5 Å². The number of aryl methyl sites for hydroxylation is 1. The van der Waals surface area contributed by atoms with E-state index in [1.807, 2.05) is 12.1 Å². The number of hydrogen-bond donors (Lipinski definition) is 0. The lowest BCUT2D eigenvalue weighted by Gasteiger charge is -2.28. The van der Waals surface area contributed by atoms with Gasteiger partial charge in [-0.05, 0) is 169 Å². The zero-order valence-electron chi connectivity index (χ0n) is 43.3. The van der Waals surface area contributed by atoms with Crippen molar-refractivity contribution >= 4 is 39.2 Å². The summed E-state index contributed by atoms with van der Waals surface area (Å²) < 4.78 is 15.4. The summed E-state index contributed by atoms with van der Waals surface area (Å²) >= 11 is 0. The van der Waals surface area contributed by atoms with Crippen LogP contribution < -0.4 is 4.74 Å². The van der Waals surface area contributed by atoms with Crippen molar-refractivity contribution in [1.82, 2.24) is 4.57 Å². The monoisotopic (exact) mass is 954 g/mol. The fourth-order valence-electron chi connectivity index (χ4n) is 12.8. The van der Waals surface area contributed by atoms with Crippen molar-refractivity contribution in [2.45, 2.75) is 104 Å². The third-order valence-electron chi connectivity index (χ3n) is 17.0. The molecule has 3 nitrogen and oxygen atoms in total. The van der Waals surface area contributed by atoms with Gasteiger partial charge in [-0.2, -0.15) is 0 Å². The molecule has 5 aromatic carbocycles. The molecule has 0 bridgehead atoms. The van der Waals surface area contributed by atoms with E-state index in [1.54, 1.807) is 5.57 Å². The maximum absolute atomic E-state index is 6.52. The van der Waals surface area contributed by atoms with Crippen molar-refractivity contribution < 1.29 is 9.15 Å². The van der Waals surface area contributed by atoms with Gasteiger partial charge in [0.1, 0.15) is 22.8 Å². The molecule has 0 amide bonds. The van der Waals surface area contributed by atoms with Crippen molar-refractivity contribution in [3.05, 3.63) is 243 Å². The molecule has 0 N–H and O–H groups in total. The van der Waals surface area contributed by atoms with Gasteiger partial charge in [0.2, 0.25) is 0 Å². The van der Waals surface area contributed by atoms with Gasteiger partial charge in [-0.1, -0.05) is 172 Å². The number of para-hydroxylation sites is 2. The van der Waals surface area contributed by atoms with Gasteiger partial charge >= 0.3 is 0 Å². The first-order valence-corrected chi connectivity index (χ1v) is 26.9. The van der Waals surface area contributed by atoms with Crippen LogP contribution in [0, 0.1) is 18.8 Å². The van der Waals surface area contributed by atoms with Crippen LogP contribution in [0.5, 0.6) is 11.5 Å². The molecule has 364 valence electrons. The minimum Gasteiger partial charge on any atom is -0.457 e. The molecule has 3 atom stereocenters. The summed E-state index contributed by atoms with van der Waals surface area (Å²) in [6, 6.07) is 41.9. The molecule has 2 aromatic heterocycles. The van der Waals surface area contributed by atoms with Gasteiger partial charge in [0.05, 0.1) is 5.52 Å². The predicted octanol–water partition coefficient (Wildman–Crippen LogP) is 19.3. The highest BCUT2D eigenvalue weighted by Gasteiger charge is 2.38. The molecule has 7 aromatic rings. The lowest BCUT2D eigenvalue weighted by atomic mass is 9.77. The molecule has 0 radical (unpaired) electrons. The molecular weight excluding hydrogens is 887 g/mol. The van der Waals surface area contributed by atoms with Gasteiger partial charge in [0, 0.05) is 45.1 Å². The molecule has 5 aliphatic rings. The number of rotatable bonds is 12. The molecule has 0 spiro atoms. The van der Waals surface area contributed by atoms with Crippen LogP contribution >= 0.6 is 0 Å². The molecule has 3 heteroatoms. The van der Waals surface area contributed by atoms with Crippen molar-refractivity contribution in [1.29, 1.82) is 0 Å². The molecule has 0 saturated heterocycles. The first kappa shape index (κ1) is 46.7. The average Bonchev–Trinajstić information content (AvgIpc) is 3.88. The van der Waals surface area contributed by atoms with Crippen molar-refractivity contribution in [3.8, 4) is 22.8 Å². The van der Waals surface area contributed by atoms with E-state index in [2.05, 4.69) is 210 Å². The van der Waals surface area contributed by atoms with Gasteiger partial charge in [-0.25, -0.2) is 0 Å². The number of ether oxygens (including phenoxy) is 1. The summed E-state index contributed by atoms with van der Waals surface area (Å²) in [5.41, 5.74) is 22.8. The molecule has 3 unspecified atom stereocenters. The fourth-order valence-corrected chi connectivity index (χ4v) is 12.8. The van der Waals surface area contributed by atoms with E-state index in [0.29, 0.717) is 17.8 Å². The minimum atomic E-state index is 0.00151. The fraction of sp³-hybridized carbons (Fsp3) is 0.257. The Labute approximate surface area is 432 Å². The Morgan fingerprint density at radius 3 is 2.38 bits per heavy atom. The van der Waals surface area contributed by atoms with E-state index in [1.165, 1.54) is 83.5 Å². The second-order valence-electron chi connectivity index (χ2n) is 22.0. The highest BCUT2D eigenvalue weighted by Crippen LogP contribution is 2.51. The Balaban J connectivity index is 0.828. The molecule has 3 heterocycles. The van der Waals surface area contributed by atoms with E-state index >= 15 is 0 Å². The summed E-state index contributed by atoms with van der Waals surface area (Å²) in [5, 5.41) is 2.39. The topological polar surface area (TPSA) is 27.3 Å². The van der Waals surface area contributed by atoms with Gasteiger partial charge < -0.3 is 13.7 Å². The maximum atomic E-state index is 6.52. The Bertz CT molecular complexity index is 3560. The van der Waals surface area contributed by atoms with Crippen LogP contribution in [0.15, 0.2) is 209 Å². The third-order valence-corrected chi connectivity index (χ3v) is 17.0. The summed E-state index contributed by atoms with van der Waals surface area (Å²) in [7, 11) is 0. The number of furan rings is 1. The summed E-state index contributed by atoms with van der Waals surface area (Å²) in [4.78, 5) is 0. The first-order valence-electron chi connectivity index (χ1n) is 26.9. The van der Waals surface area contributed by atoms with E-state index in [0.717, 1.165) is 91.6 Å². The standard InChI is InChI=1S/C70H67NO2/c1-7-8-9-20-64-47(4)60-44-69-56(41-54-16-10-14-21-66(54)73-69)42-65(60)71(64)63-38-35-50(28-23-45(63)2)51-29-24-48(25-30-51)39-46(3)59(52-31-33-53(34-32-52)68-43-55-17-11-15-22-67(55)72-68)40-49-26-36-58-57-18-12-13-19-61(57)70(5,6)62(58)37-27-49/h7,9-22,24,26,29,31-38,42-46,59H,1,8,23,25,27-28,30,39-41H2,2-6H3. The first-order chi connectivity index (χ1) is 35.6. The summed E-state index contributed by atoms with van der Waals surface area (Å²) in [5.74, 6) is 4.05. The zero-order valence-corrected chi connectivity index (χ0v) is 43.3. The Hall–Kier alpha value is -7.36. The normalized spacial score (nSPS) is 18.9. The van der Waals surface area contributed by atoms with Crippen LogP contribution in [0.3, 0.4) is 0 Å². The number of hydrogen-bond acceptors (Lipinski definition) is 2. The molecule has 1 aliphatic heterocycles. The minimum absolute atomic E-state index is 0.00151. The van der Waals surface area contributed by atoms with Crippen LogP contribution in [0.4, 0.5) is 0 Å². The molecular formula is C70H67NO2. The average molecular weight is 954 g/mol. The lowest BCUT2D eigenvalue weighted by Crippen LogP contribution is -2.15. The summed E-state index contributed by atoms with van der Waals surface area (Å²) in [6.07, 6.45) is 32.9. The van der Waals surface area contributed by atoms with Gasteiger partial charge in [-0.15, -0.1) is 6.58 Å². The van der Waals surface area contributed by atoms with Gasteiger partial charge in [0.15, 0.2) is 0 Å². The highest BCUT2D eigenvalue weighted by atomic mass is 16.5. The predicted molar refractivity (Wildman–Crippen MR) is 307 cm³/mol. The quantitative estimate of drug-likeness (QED) is 0.114. The van der Waals surface area contributed by atoms with E-state index in [9.17, 15) is 0 Å². The lowest BCUT2D eigenvalue weighted by molar-refractivity contribution is 0.443. The van der Waals surface area contributed by atoms with Crippen molar-refractivity contribution in [3.63, 3.8) is 0 Å². The Kier molecular flexibility index (Phi) is 12.3. The van der Waals surface area contributed by atoms with Crippen LogP contribution in [0.2, 0.25) is 0 Å². The number of fused-ring (bicyclic) bond motifs is 7. The number of allylic oxidation sites excluding steroid dienone is 16. The second kappa shape index (κ2) is 19.2. The van der Waals surface area contributed by atoms with Crippen LogP contribution in [0.1, 0.15) is 124 Å². The molecule has 0 fully saturated rings. The largest absolute Gasteiger partial charge is 0.457 e. The van der Waals surface area contributed by atoms with Crippen LogP contribution in [-0.2, 0) is 11.8 Å². The van der Waals surface area contributed by atoms with Crippen molar-refractivity contribution in [2.75, 3.05) is 0 Å². The molecule has 0 saturated carbocycles. The van der Waals surface area contributed by atoms with Gasteiger partial charge in [-0.3, -0.25) is 0 Å². The van der Waals surface area contributed by atoms with Gasteiger partial charge in [0.25, 0.3) is 0 Å². The Morgan fingerprint density at radius 2 is 1.55 bits per heavy atom. The smallest absolute Gasteiger partial charge is 0.135 e. The zero-order chi connectivity index (χ0) is 49.8. The molecule has 12 rings (SSSR count). The Morgan fingerprint density at radius 1 is 0.767 bits per heavy atom. The molecule has 73 heavy (non-hydrogen) atoms. The number of nitrogens with zero attached hydrogens (tertiary/aromatic N) is 1.